The topological polar surface area (TPSA) is 53.4 Å². The number of aryl methyl sites for hydroxylation is 1. The molecule has 0 aliphatic carbocycles. The maximum atomic E-state index is 12.8. The fourth-order valence-corrected chi connectivity index (χ4v) is 3.99. The van der Waals surface area contributed by atoms with Crippen LogP contribution in [0.25, 0.3) is 0 Å². The lowest BCUT2D eigenvalue weighted by Gasteiger charge is -2.22. The van der Waals surface area contributed by atoms with Gasteiger partial charge >= 0.3 is 0 Å². The zero-order valence-electron chi connectivity index (χ0n) is 15.4. The van der Waals surface area contributed by atoms with Crippen molar-refractivity contribution in [1.82, 2.24) is 20.0 Å². The predicted molar refractivity (Wildman–Crippen MR) is 102 cm³/mol. The highest BCUT2D eigenvalue weighted by Gasteiger charge is 2.26. The van der Waals surface area contributed by atoms with Crippen LogP contribution in [0, 0.1) is 5.92 Å². The van der Waals surface area contributed by atoms with Crippen LogP contribution < -0.4 is 10.2 Å². The number of amides is 1. The van der Waals surface area contributed by atoms with E-state index in [1.54, 1.807) is 0 Å². The normalized spacial score (nSPS) is 19.9. The zero-order valence-corrected chi connectivity index (χ0v) is 15.4. The van der Waals surface area contributed by atoms with Crippen molar-refractivity contribution in [1.29, 1.82) is 0 Å². The number of benzene rings is 1. The van der Waals surface area contributed by atoms with Gasteiger partial charge in [0.2, 0.25) is 0 Å². The van der Waals surface area contributed by atoms with Gasteiger partial charge in [0, 0.05) is 45.5 Å². The summed E-state index contributed by atoms with van der Waals surface area (Å²) in [5.41, 5.74) is 2.95. The van der Waals surface area contributed by atoms with Crippen LogP contribution in [0.4, 0.5) is 5.69 Å². The van der Waals surface area contributed by atoms with Crippen LogP contribution in [0.2, 0.25) is 0 Å². The van der Waals surface area contributed by atoms with Gasteiger partial charge in [-0.25, -0.2) is 0 Å². The summed E-state index contributed by atoms with van der Waals surface area (Å²) in [6.45, 7) is 5.52. The summed E-state index contributed by atoms with van der Waals surface area (Å²) < 4.78 is 1.98. The molecule has 2 aliphatic heterocycles. The van der Waals surface area contributed by atoms with Gasteiger partial charge in [-0.1, -0.05) is 18.2 Å². The molecule has 2 aromatic rings. The molecule has 138 valence electrons. The molecule has 0 unspecified atom stereocenters. The lowest BCUT2D eigenvalue weighted by atomic mass is 10.1. The average molecular weight is 353 g/mol. The van der Waals surface area contributed by atoms with Crippen molar-refractivity contribution >= 4 is 11.6 Å². The number of aromatic nitrogens is 2. The highest BCUT2D eigenvalue weighted by Crippen LogP contribution is 2.24. The summed E-state index contributed by atoms with van der Waals surface area (Å²) in [6.07, 6.45) is 2.17. The SMILES string of the molecule is CN(C[C@H]1CCN(c2ccccc2)C1)C(=O)c1cc2n(n1)CCCNC2. The number of fused-ring (bicyclic) bond motifs is 1. The Morgan fingerprint density at radius 1 is 1.31 bits per heavy atom. The maximum absolute atomic E-state index is 12.8. The number of rotatable bonds is 4. The van der Waals surface area contributed by atoms with Crippen LogP contribution in [0.1, 0.15) is 29.0 Å². The predicted octanol–water partition coefficient (Wildman–Crippen LogP) is 1.97. The van der Waals surface area contributed by atoms with E-state index in [0.717, 1.165) is 57.8 Å². The first-order valence-electron chi connectivity index (χ1n) is 9.53. The highest BCUT2D eigenvalue weighted by atomic mass is 16.2. The summed E-state index contributed by atoms with van der Waals surface area (Å²) in [4.78, 5) is 17.1. The number of hydrogen-bond acceptors (Lipinski definition) is 4. The van der Waals surface area contributed by atoms with Crippen LogP contribution >= 0.6 is 0 Å². The Bertz CT molecular complexity index is 733. The van der Waals surface area contributed by atoms with E-state index in [0.29, 0.717) is 11.6 Å². The molecule has 0 bridgehead atoms. The monoisotopic (exact) mass is 353 g/mol. The minimum Gasteiger partial charge on any atom is -0.371 e. The minimum absolute atomic E-state index is 0.0312. The van der Waals surface area contributed by atoms with Gasteiger partial charge in [0.05, 0.1) is 5.69 Å². The number of nitrogens with zero attached hydrogens (tertiary/aromatic N) is 4. The van der Waals surface area contributed by atoms with Gasteiger partial charge in [0.15, 0.2) is 5.69 Å². The van der Waals surface area contributed by atoms with Crippen LogP contribution in [0.15, 0.2) is 36.4 Å². The largest absolute Gasteiger partial charge is 0.371 e. The molecule has 1 aromatic heterocycles. The van der Waals surface area contributed by atoms with Crippen molar-refractivity contribution in [3.8, 4) is 0 Å². The molecule has 6 nitrogen and oxygen atoms in total. The quantitative estimate of drug-likeness (QED) is 0.913. The van der Waals surface area contributed by atoms with Crippen LogP contribution in [-0.2, 0) is 13.1 Å². The molecule has 2 aliphatic rings. The molecule has 1 fully saturated rings. The van der Waals surface area contributed by atoms with E-state index < -0.39 is 0 Å². The van der Waals surface area contributed by atoms with E-state index in [9.17, 15) is 4.79 Å². The molecule has 1 N–H and O–H groups in total. The molecule has 1 saturated heterocycles. The standard InChI is InChI=1S/C20H27N5O/c1-23(14-16-8-11-24(15-16)17-6-3-2-4-7-17)20(26)19-12-18-13-21-9-5-10-25(18)22-19/h2-4,6-7,12,16,21H,5,8-11,13-15H2,1H3/t16-/m1/s1. The van der Waals surface area contributed by atoms with E-state index in [4.69, 9.17) is 0 Å². The van der Waals surface area contributed by atoms with Gasteiger partial charge in [0.25, 0.3) is 5.91 Å². The van der Waals surface area contributed by atoms with Gasteiger partial charge in [-0.3, -0.25) is 9.48 Å². The molecule has 6 heteroatoms. The maximum Gasteiger partial charge on any atom is 0.274 e. The molecule has 1 atom stereocenters. The van der Waals surface area contributed by atoms with Gasteiger partial charge in [-0.15, -0.1) is 0 Å². The van der Waals surface area contributed by atoms with Crippen molar-refractivity contribution in [2.24, 2.45) is 5.92 Å². The van der Waals surface area contributed by atoms with E-state index in [1.165, 1.54) is 5.69 Å². The van der Waals surface area contributed by atoms with Gasteiger partial charge in [-0.2, -0.15) is 5.10 Å². The van der Waals surface area contributed by atoms with Gasteiger partial charge in [-0.05, 0) is 43.5 Å². The number of carbonyl (C=O) groups excluding carboxylic acids is 1. The summed E-state index contributed by atoms with van der Waals surface area (Å²) in [6, 6.07) is 12.5. The molecular formula is C20H27N5O. The third-order valence-electron chi connectivity index (χ3n) is 5.40. The van der Waals surface area contributed by atoms with Crippen molar-refractivity contribution < 1.29 is 4.79 Å². The molecule has 26 heavy (non-hydrogen) atoms. The first-order chi connectivity index (χ1) is 12.7. The molecule has 3 heterocycles. The van der Waals surface area contributed by atoms with Crippen LogP contribution in [-0.4, -0.2) is 53.8 Å². The summed E-state index contributed by atoms with van der Waals surface area (Å²) in [5.74, 6) is 0.537. The number of nitrogens with one attached hydrogen (secondary N) is 1. The molecule has 0 saturated carbocycles. The smallest absolute Gasteiger partial charge is 0.274 e. The van der Waals surface area contributed by atoms with E-state index in [-0.39, 0.29) is 5.91 Å². The Morgan fingerprint density at radius 2 is 2.15 bits per heavy atom. The van der Waals surface area contributed by atoms with Gasteiger partial charge in [0.1, 0.15) is 0 Å². The van der Waals surface area contributed by atoms with Crippen molar-refractivity contribution in [3.63, 3.8) is 0 Å². The second kappa shape index (κ2) is 7.50. The van der Waals surface area contributed by atoms with Crippen LogP contribution in [0.5, 0.6) is 0 Å². The Labute approximate surface area is 154 Å². The lowest BCUT2D eigenvalue weighted by molar-refractivity contribution is 0.0769. The first-order valence-corrected chi connectivity index (χ1v) is 9.53. The Morgan fingerprint density at radius 3 is 3.00 bits per heavy atom. The second-order valence-electron chi connectivity index (χ2n) is 7.40. The van der Waals surface area contributed by atoms with Crippen molar-refractivity contribution in [2.75, 3.05) is 38.1 Å². The number of anilines is 1. The van der Waals surface area contributed by atoms with Crippen molar-refractivity contribution in [3.05, 3.63) is 47.8 Å². The summed E-state index contributed by atoms with van der Waals surface area (Å²) in [5, 5.41) is 7.92. The number of carbonyl (C=O) groups is 1. The zero-order chi connectivity index (χ0) is 17.9. The Hall–Kier alpha value is -2.34. The highest BCUT2D eigenvalue weighted by molar-refractivity contribution is 5.92. The first kappa shape index (κ1) is 17.1. The van der Waals surface area contributed by atoms with Gasteiger partial charge < -0.3 is 15.1 Å². The van der Waals surface area contributed by atoms with E-state index in [1.807, 2.05) is 28.8 Å². The Balaban J connectivity index is 1.36. The Kier molecular flexibility index (Phi) is 4.93. The van der Waals surface area contributed by atoms with E-state index in [2.05, 4.69) is 39.6 Å². The summed E-state index contributed by atoms with van der Waals surface area (Å²) >= 11 is 0. The fourth-order valence-electron chi connectivity index (χ4n) is 3.99. The summed E-state index contributed by atoms with van der Waals surface area (Å²) in [7, 11) is 1.90. The van der Waals surface area contributed by atoms with Crippen molar-refractivity contribution in [2.45, 2.75) is 25.9 Å². The molecule has 0 radical (unpaired) electrons. The third-order valence-corrected chi connectivity index (χ3v) is 5.40. The van der Waals surface area contributed by atoms with E-state index >= 15 is 0 Å². The fraction of sp³-hybridized carbons (Fsp3) is 0.500. The average Bonchev–Trinajstić information content (AvgIpc) is 3.24. The molecular weight excluding hydrogens is 326 g/mol. The number of para-hydroxylation sites is 1. The minimum atomic E-state index is 0.0312. The molecule has 0 spiro atoms. The van der Waals surface area contributed by atoms with Crippen LogP contribution in [0.3, 0.4) is 0 Å². The lowest BCUT2D eigenvalue weighted by Crippen LogP contribution is -2.33. The molecule has 4 rings (SSSR count). The number of hydrogen-bond donors (Lipinski definition) is 1. The molecule has 1 amide bonds. The molecule has 1 aromatic carbocycles. The second-order valence-corrected chi connectivity index (χ2v) is 7.40. The third kappa shape index (κ3) is 3.60.